The van der Waals surface area contributed by atoms with Crippen LogP contribution in [0.4, 0.5) is 4.39 Å². The van der Waals surface area contributed by atoms with Gasteiger partial charge in [0.2, 0.25) is 0 Å². The highest BCUT2D eigenvalue weighted by Gasteiger charge is 2.33. The van der Waals surface area contributed by atoms with Crippen LogP contribution in [-0.4, -0.2) is 5.54 Å². The number of hydrogen-bond donors (Lipinski definition) is 1. The van der Waals surface area contributed by atoms with E-state index >= 15 is 0 Å². The van der Waals surface area contributed by atoms with E-state index in [1.807, 2.05) is 18.2 Å². The normalized spacial score (nSPS) is 16.6. The Morgan fingerprint density at radius 2 is 1.67 bits per heavy atom. The van der Waals surface area contributed by atoms with E-state index in [9.17, 15) is 4.39 Å². The van der Waals surface area contributed by atoms with Crippen molar-refractivity contribution in [2.24, 2.45) is 5.73 Å². The Morgan fingerprint density at radius 3 is 2.28 bits per heavy atom. The van der Waals surface area contributed by atoms with E-state index in [1.54, 1.807) is 12.1 Å². The average Bonchev–Trinajstić information content (AvgIpc) is 2.64. The maximum Gasteiger partial charge on any atom is 0.123 e. The number of hydrogen-bond acceptors (Lipinski definition) is 1. The van der Waals surface area contributed by atoms with E-state index in [2.05, 4.69) is 12.1 Å². The van der Waals surface area contributed by atoms with Crippen LogP contribution in [0, 0.1) is 5.82 Å². The van der Waals surface area contributed by atoms with E-state index in [1.165, 1.54) is 17.2 Å². The van der Waals surface area contributed by atoms with Gasteiger partial charge in [-0.3, -0.25) is 0 Å². The highest BCUT2D eigenvalue weighted by molar-refractivity contribution is 5.37. The molecule has 0 radical (unpaired) electrons. The first-order valence-corrected chi connectivity index (χ1v) is 6.25. The molecule has 0 saturated carbocycles. The van der Waals surface area contributed by atoms with Gasteiger partial charge in [0.05, 0.1) is 0 Å². The first-order chi connectivity index (χ1) is 8.65. The molecule has 0 aromatic heterocycles. The third-order valence-electron chi connectivity index (χ3n) is 3.65. The molecule has 0 atom stereocenters. The molecule has 2 aromatic rings. The minimum atomic E-state index is -0.266. The number of rotatable bonds is 2. The van der Waals surface area contributed by atoms with E-state index in [-0.39, 0.29) is 11.4 Å². The van der Waals surface area contributed by atoms with Crippen LogP contribution in [0.15, 0.2) is 48.5 Å². The molecule has 18 heavy (non-hydrogen) atoms. The van der Waals surface area contributed by atoms with Crippen LogP contribution in [0.5, 0.6) is 0 Å². The molecule has 0 aliphatic heterocycles. The molecule has 2 heteroatoms. The van der Waals surface area contributed by atoms with Crippen molar-refractivity contribution < 1.29 is 4.39 Å². The molecule has 0 bridgehead atoms. The Labute approximate surface area is 106 Å². The van der Waals surface area contributed by atoms with Crippen LogP contribution in [-0.2, 0) is 19.3 Å². The molecule has 2 N–H and O–H groups in total. The van der Waals surface area contributed by atoms with Gasteiger partial charge in [-0.25, -0.2) is 4.39 Å². The summed E-state index contributed by atoms with van der Waals surface area (Å²) in [7, 11) is 0. The van der Waals surface area contributed by atoms with Gasteiger partial charge in [-0.2, -0.15) is 0 Å². The lowest BCUT2D eigenvalue weighted by Gasteiger charge is -2.23. The van der Waals surface area contributed by atoms with Crippen molar-refractivity contribution in [3.05, 3.63) is 71.0 Å². The topological polar surface area (TPSA) is 26.0 Å². The molecule has 1 aliphatic carbocycles. The van der Waals surface area contributed by atoms with Crippen LogP contribution < -0.4 is 5.73 Å². The summed E-state index contributed by atoms with van der Waals surface area (Å²) in [6.07, 6.45) is 2.47. The van der Waals surface area contributed by atoms with Crippen LogP contribution in [0.1, 0.15) is 16.7 Å². The van der Waals surface area contributed by atoms with E-state index in [0.29, 0.717) is 0 Å². The Bertz CT molecular complexity index is 552. The predicted molar refractivity (Wildman–Crippen MR) is 70.9 cm³/mol. The van der Waals surface area contributed by atoms with Crippen LogP contribution in [0.3, 0.4) is 0 Å². The summed E-state index contributed by atoms with van der Waals surface area (Å²) in [5, 5.41) is 0. The summed E-state index contributed by atoms with van der Waals surface area (Å²) in [6.45, 7) is 0. The second-order valence-electron chi connectivity index (χ2n) is 5.29. The summed E-state index contributed by atoms with van der Waals surface area (Å²) in [5.74, 6) is -0.188. The molecule has 0 heterocycles. The zero-order chi connectivity index (χ0) is 12.6. The lowest BCUT2D eigenvalue weighted by Crippen LogP contribution is -2.43. The monoisotopic (exact) mass is 241 g/mol. The van der Waals surface area contributed by atoms with Crippen molar-refractivity contribution in [3.8, 4) is 0 Å². The third-order valence-corrected chi connectivity index (χ3v) is 3.65. The molecule has 0 unspecified atom stereocenters. The summed E-state index contributed by atoms with van der Waals surface area (Å²) >= 11 is 0. The van der Waals surface area contributed by atoms with Crippen molar-refractivity contribution in [2.45, 2.75) is 24.8 Å². The molecule has 2 aromatic carbocycles. The number of nitrogens with two attached hydrogens (primary N) is 1. The quantitative estimate of drug-likeness (QED) is 0.859. The lowest BCUT2D eigenvalue weighted by molar-refractivity contribution is 0.445. The van der Waals surface area contributed by atoms with Crippen molar-refractivity contribution in [2.75, 3.05) is 0 Å². The fourth-order valence-electron chi connectivity index (χ4n) is 2.90. The second kappa shape index (κ2) is 4.21. The highest BCUT2D eigenvalue weighted by atomic mass is 19.1. The Kier molecular flexibility index (Phi) is 2.67. The molecule has 1 aliphatic rings. The molecule has 92 valence electrons. The van der Waals surface area contributed by atoms with Gasteiger partial charge in [0.25, 0.3) is 0 Å². The van der Waals surface area contributed by atoms with Crippen LogP contribution in [0.25, 0.3) is 0 Å². The van der Waals surface area contributed by atoms with Crippen molar-refractivity contribution in [1.82, 2.24) is 0 Å². The summed E-state index contributed by atoms with van der Waals surface area (Å²) in [6, 6.07) is 15.1. The van der Waals surface area contributed by atoms with Gasteiger partial charge >= 0.3 is 0 Å². The zero-order valence-corrected chi connectivity index (χ0v) is 10.2. The van der Waals surface area contributed by atoms with Gasteiger partial charge in [-0.05, 0) is 48.1 Å². The van der Waals surface area contributed by atoms with Gasteiger partial charge in [-0.15, -0.1) is 0 Å². The molecule has 1 nitrogen and oxygen atoms in total. The molecule has 0 amide bonds. The van der Waals surface area contributed by atoms with Gasteiger partial charge < -0.3 is 5.73 Å². The molecule has 0 saturated heterocycles. The molecule has 0 spiro atoms. The number of halogens is 1. The van der Waals surface area contributed by atoms with E-state index in [4.69, 9.17) is 5.73 Å². The van der Waals surface area contributed by atoms with Gasteiger partial charge in [0.15, 0.2) is 0 Å². The standard InChI is InChI=1S/C16H16FN/c17-15-7-3-4-12(8-15)9-16(18)10-13-5-1-2-6-14(13)11-16/h1-8H,9-11,18H2. The maximum atomic E-state index is 13.2. The fourth-order valence-corrected chi connectivity index (χ4v) is 2.90. The number of benzene rings is 2. The van der Waals surface area contributed by atoms with Gasteiger partial charge in [0, 0.05) is 5.54 Å². The minimum Gasteiger partial charge on any atom is -0.324 e. The van der Waals surface area contributed by atoms with Gasteiger partial charge in [-0.1, -0.05) is 36.4 Å². The second-order valence-corrected chi connectivity index (χ2v) is 5.29. The summed E-state index contributed by atoms with van der Waals surface area (Å²) < 4.78 is 13.2. The summed E-state index contributed by atoms with van der Waals surface area (Å²) in [5.41, 5.74) is 9.84. The van der Waals surface area contributed by atoms with Gasteiger partial charge in [0.1, 0.15) is 5.82 Å². The number of fused-ring (bicyclic) bond motifs is 1. The first-order valence-electron chi connectivity index (χ1n) is 6.25. The largest absolute Gasteiger partial charge is 0.324 e. The third kappa shape index (κ3) is 2.16. The Morgan fingerprint density at radius 1 is 1.00 bits per heavy atom. The van der Waals surface area contributed by atoms with Crippen molar-refractivity contribution >= 4 is 0 Å². The minimum absolute atomic E-state index is 0.188. The van der Waals surface area contributed by atoms with Crippen LogP contribution in [0.2, 0.25) is 0 Å². The van der Waals surface area contributed by atoms with Crippen molar-refractivity contribution in [3.63, 3.8) is 0 Å². The van der Waals surface area contributed by atoms with E-state index in [0.717, 1.165) is 24.8 Å². The predicted octanol–water partition coefficient (Wildman–Crippen LogP) is 2.86. The molecule has 0 fully saturated rings. The maximum absolute atomic E-state index is 13.2. The van der Waals surface area contributed by atoms with Crippen molar-refractivity contribution in [1.29, 1.82) is 0 Å². The lowest BCUT2D eigenvalue weighted by atomic mass is 9.89. The van der Waals surface area contributed by atoms with Crippen LogP contribution >= 0.6 is 0 Å². The van der Waals surface area contributed by atoms with E-state index < -0.39 is 0 Å². The zero-order valence-electron chi connectivity index (χ0n) is 10.2. The Balaban J connectivity index is 1.83. The smallest absolute Gasteiger partial charge is 0.123 e. The first kappa shape index (κ1) is 11.4. The molecule has 3 rings (SSSR count). The average molecular weight is 241 g/mol. The molecular formula is C16H16FN. The fraction of sp³-hybridized carbons (Fsp3) is 0.250. The highest BCUT2D eigenvalue weighted by Crippen LogP contribution is 2.30. The Hall–Kier alpha value is -1.67. The summed E-state index contributed by atoms with van der Waals surface area (Å²) in [4.78, 5) is 0. The molecular weight excluding hydrogens is 225 g/mol. The SMILES string of the molecule is NC1(Cc2cccc(F)c2)Cc2ccccc2C1.